The average Bonchev–Trinajstić information content (AvgIpc) is 2.68. The van der Waals surface area contributed by atoms with Gasteiger partial charge in [-0.1, -0.05) is 30.7 Å². The van der Waals surface area contributed by atoms with Gasteiger partial charge in [-0.2, -0.15) is 0 Å². The number of amides is 1. The zero-order valence-corrected chi connectivity index (χ0v) is 16.7. The molecule has 0 saturated carbocycles. The molecular formula is C21H21ClN4O2. The summed E-state index contributed by atoms with van der Waals surface area (Å²) in [6.07, 6.45) is 0.946. The van der Waals surface area contributed by atoms with Crippen molar-refractivity contribution in [1.29, 1.82) is 0 Å². The number of rotatable bonds is 6. The summed E-state index contributed by atoms with van der Waals surface area (Å²) in [5.74, 6) is 0.569. The molecule has 1 aromatic heterocycles. The first-order valence-corrected chi connectivity index (χ1v) is 9.23. The van der Waals surface area contributed by atoms with Crippen LogP contribution in [0, 0.1) is 6.92 Å². The monoisotopic (exact) mass is 396 g/mol. The fourth-order valence-electron chi connectivity index (χ4n) is 2.66. The van der Waals surface area contributed by atoms with Crippen LogP contribution in [0.15, 0.2) is 48.5 Å². The minimum Gasteiger partial charge on any atom is -0.495 e. The first kappa shape index (κ1) is 19.6. The van der Waals surface area contributed by atoms with Gasteiger partial charge >= 0.3 is 0 Å². The lowest BCUT2D eigenvalue weighted by atomic mass is 10.1. The molecule has 7 heteroatoms. The smallest absolute Gasteiger partial charge is 0.274 e. The van der Waals surface area contributed by atoms with Crippen LogP contribution >= 0.6 is 11.6 Å². The Hall–Kier alpha value is -3.12. The predicted octanol–water partition coefficient (Wildman–Crippen LogP) is 5.01. The van der Waals surface area contributed by atoms with Crippen molar-refractivity contribution in [1.82, 2.24) is 9.97 Å². The van der Waals surface area contributed by atoms with Crippen molar-refractivity contribution in [3.63, 3.8) is 0 Å². The number of aromatic nitrogens is 2. The first-order chi connectivity index (χ1) is 13.5. The van der Waals surface area contributed by atoms with Crippen LogP contribution < -0.4 is 15.4 Å². The molecular weight excluding hydrogens is 376 g/mol. The highest BCUT2D eigenvalue weighted by Gasteiger charge is 2.13. The highest BCUT2D eigenvalue weighted by Crippen LogP contribution is 2.29. The number of nitrogens with zero attached hydrogens (tertiary/aromatic N) is 2. The maximum Gasteiger partial charge on any atom is 0.274 e. The van der Waals surface area contributed by atoms with Gasteiger partial charge in [0.2, 0.25) is 5.95 Å². The number of carbonyl (C=O) groups excluding carboxylic acids is 1. The van der Waals surface area contributed by atoms with Crippen molar-refractivity contribution < 1.29 is 9.53 Å². The van der Waals surface area contributed by atoms with Crippen molar-refractivity contribution in [2.45, 2.75) is 20.3 Å². The summed E-state index contributed by atoms with van der Waals surface area (Å²) >= 11 is 6.06. The number of hydrogen-bond acceptors (Lipinski definition) is 5. The number of benzene rings is 2. The summed E-state index contributed by atoms with van der Waals surface area (Å²) in [5.41, 5.74) is 3.45. The molecule has 1 heterocycles. The average molecular weight is 397 g/mol. The molecule has 0 aliphatic heterocycles. The number of aryl methyl sites for hydroxylation is 2. The number of methoxy groups -OCH3 is 1. The number of hydrogen-bond donors (Lipinski definition) is 2. The summed E-state index contributed by atoms with van der Waals surface area (Å²) in [4.78, 5) is 21.3. The fourth-order valence-corrected chi connectivity index (χ4v) is 2.83. The van der Waals surface area contributed by atoms with E-state index < -0.39 is 0 Å². The van der Waals surface area contributed by atoms with E-state index in [2.05, 4.69) is 27.5 Å². The van der Waals surface area contributed by atoms with Crippen molar-refractivity contribution in [3.05, 3.63) is 70.5 Å². The molecule has 28 heavy (non-hydrogen) atoms. The van der Waals surface area contributed by atoms with E-state index >= 15 is 0 Å². The molecule has 0 unspecified atom stereocenters. The Labute approximate surface area is 168 Å². The first-order valence-electron chi connectivity index (χ1n) is 8.85. The highest BCUT2D eigenvalue weighted by molar-refractivity contribution is 6.31. The Balaban J connectivity index is 1.82. The summed E-state index contributed by atoms with van der Waals surface area (Å²) < 4.78 is 5.32. The van der Waals surface area contributed by atoms with Crippen LogP contribution in [0.2, 0.25) is 5.02 Å². The van der Waals surface area contributed by atoms with E-state index in [0.29, 0.717) is 27.8 Å². The Morgan fingerprint density at radius 2 is 1.86 bits per heavy atom. The minimum atomic E-state index is -0.309. The van der Waals surface area contributed by atoms with Gasteiger partial charge in [-0.15, -0.1) is 0 Å². The normalized spacial score (nSPS) is 10.4. The van der Waals surface area contributed by atoms with E-state index in [1.165, 1.54) is 5.56 Å². The molecule has 0 aliphatic rings. The van der Waals surface area contributed by atoms with Gasteiger partial charge in [0.25, 0.3) is 5.91 Å². The largest absolute Gasteiger partial charge is 0.495 e. The maximum atomic E-state index is 12.6. The molecule has 0 bridgehead atoms. The molecule has 144 valence electrons. The summed E-state index contributed by atoms with van der Waals surface area (Å²) in [7, 11) is 1.56. The zero-order valence-electron chi connectivity index (χ0n) is 15.9. The van der Waals surface area contributed by atoms with Crippen molar-refractivity contribution in [2.24, 2.45) is 0 Å². The van der Waals surface area contributed by atoms with Crippen LogP contribution in [0.25, 0.3) is 0 Å². The lowest BCUT2D eigenvalue weighted by Crippen LogP contribution is -2.15. The molecule has 1 amide bonds. The molecule has 0 saturated heterocycles. The molecule has 0 atom stereocenters. The van der Waals surface area contributed by atoms with Gasteiger partial charge in [-0.25, -0.2) is 9.97 Å². The molecule has 0 fully saturated rings. The molecule has 3 aromatic rings. The number of nitrogens with one attached hydrogen (secondary N) is 2. The Bertz CT molecular complexity index is 990. The third-order valence-electron chi connectivity index (χ3n) is 4.11. The summed E-state index contributed by atoms with van der Waals surface area (Å²) in [5, 5.41) is 6.47. The van der Waals surface area contributed by atoms with Crippen LogP contribution in [0.4, 0.5) is 17.3 Å². The topological polar surface area (TPSA) is 76.1 Å². The second-order valence-corrected chi connectivity index (χ2v) is 6.63. The SMILES string of the molecule is CCc1ccc(NC(=O)c2cc(C)nc(Nc3cc(Cl)ccc3OC)n2)cc1. The molecule has 2 N–H and O–H groups in total. The summed E-state index contributed by atoms with van der Waals surface area (Å²) in [6.45, 7) is 3.88. The van der Waals surface area contributed by atoms with E-state index in [1.54, 1.807) is 38.3 Å². The van der Waals surface area contributed by atoms with Crippen LogP contribution in [0.1, 0.15) is 28.7 Å². The van der Waals surface area contributed by atoms with Crippen molar-refractivity contribution in [3.8, 4) is 5.75 Å². The van der Waals surface area contributed by atoms with Gasteiger partial charge in [-0.05, 0) is 55.3 Å². The molecule has 6 nitrogen and oxygen atoms in total. The number of carbonyl (C=O) groups is 1. The predicted molar refractivity (Wildman–Crippen MR) is 112 cm³/mol. The quantitative estimate of drug-likeness (QED) is 0.612. The molecule has 0 aliphatic carbocycles. The Kier molecular flexibility index (Phi) is 6.11. The lowest BCUT2D eigenvalue weighted by Gasteiger charge is -2.12. The van der Waals surface area contributed by atoms with Crippen molar-refractivity contribution in [2.75, 3.05) is 17.7 Å². The number of halogens is 1. The van der Waals surface area contributed by atoms with E-state index in [9.17, 15) is 4.79 Å². The van der Waals surface area contributed by atoms with Gasteiger partial charge in [0.1, 0.15) is 11.4 Å². The second kappa shape index (κ2) is 8.71. The van der Waals surface area contributed by atoms with Gasteiger partial charge in [-0.3, -0.25) is 4.79 Å². The minimum absolute atomic E-state index is 0.260. The molecule has 0 spiro atoms. The van der Waals surface area contributed by atoms with Crippen LogP contribution in [-0.4, -0.2) is 23.0 Å². The third-order valence-corrected chi connectivity index (χ3v) is 4.35. The van der Waals surface area contributed by atoms with Crippen LogP contribution in [0.3, 0.4) is 0 Å². The molecule has 2 aromatic carbocycles. The molecule has 0 radical (unpaired) electrons. The zero-order chi connectivity index (χ0) is 20.1. The van der Waals surface area contributed by atoms with Gasteiger partial charge in [0, 0.05) is 16.4 Å². The van der Waals surface area contributed by atoms with E-state index in [-0.39, 0.29) is 17.5 Å². The second-order valence-electron chi connectivity index (χ2n) is 6.19. The number of anilines is 3. The van der Waals surface area contributed by atoms with Crippen LogP contribution in [0.5, 0.6) is 5.75 Å². The van der Waals surface area contributed by atoms with E-state index in [0.717, 1.165) is 6.42 Å². The van der Waals surface area contributed by atoms with Gasteiger partial charge in [0.05, 0.1) is 12.8 Å². The molecule has 3 rings (SSSR count). The van der Waals surface area contributed by atoms with Gasteiger partial charge < -0.3 is 15.4 Å². The number of ether oxygens (including phenoxy) is 1. The highest BCUT2D eigenvalue weighted by atomic mass is 35.5. The summed E-state index contributed by atoms with van der Waals surface area (Å²) in [6, 6.07) is 14.5. The standard InChI is InChI=1S/C21H21ClN4O2/c1-4-14-5-8-16(9-6-14)24-20(27)18-11-13(2)23-21(26-18)25-17-12-15(22)7-10-19(17)28-3/h5-12H,4H2,1-3H3,(H,24,27)(H,23,25,26). The third kappa shape index (κ3) is 4.78. The van der Waals surface area contributed by atoms with E-state index in [1.807, 2.05) is 24.3 Å². The lowest BCUT2D eigenvalue weighted by molar-refractivity contribution is 0.102. The van der Waals surface area contributed by atoms with E-state index in [4.69, 9.17) is 16.3 Å². The van der Waals surface area contributed by atoms with Crippen molar-refractivity contribution >= 4 is 34.8 Å². The maximum absolute atomic E-state index is 12.6. The fraction of sp³-hybridized carbons (Fsp3) is 0.190. The Morgan fingerprint density at radius 3 is 2.54 bits per heavy atom. The Morgan fingerprint density at radius 1 is 1.11 bits per heavy atom. The van der Waals surface area contributed by atoms with Crippen LogP contribution in [-0.2, 0) is 6.42 Å². The van der Waals surface area contributed by atoms with Gasteiger partial charge in [0.15, 0.2) is 0 Å².